The van der Waals surface area contributed by atoms with Crippen molar-refractivity contribution in [2.45, 2.75) is 58.3 Å². The minimum Gasteiger partial charge on any atom is -0.478 e. The monoisotopic (exact) mass is 467 g/mol. The van der Waals surface area contributed by atoms with Gasteiger partial charge in [-0.3, -0.25) is 19.2 Å². The highest BCUT2D eigenvalue weighted by Gasteiger charge is 2.51. The van der Waals surface area contributed by atoms with Crippen molar-refractivity contribution in [3.05, 3.63) is 29.8 Å². The zero-order valence-corrected chi connectivity index (χ0v) is 18.4. The lowest BCUT2D eigenvalue weighted by molar-refractivity contribution is -0.257. The van der Waals surface area contributed by atoms with E-state index in [-0.39, 0.29) is 17.9 Å². The standard InChI is InChI=1S/C21H25NO11/c1-10(23)22-17-19(31-13(4)26)18(30-12(3)25)16(9-29-11(2)24)33-21(17)32-15-7-5-6-14(8-15)20(27)28/h5-8,16-19,21H,9H2,1-4H3,(H,22,23)(H,27,28). The van der Waals surface area contributed by atoms with Gasteiger partial charge in [0.15, 0.2) is 12.2 Å². The lowest BCUT2D eigenvalue weighted by Gasteiger charge is -2.44. The highest BCUT2D eigenvalue weighted by atomic mass is 16.7. The van der Waals surface area contributed by atoms with Gasteiger partial charge in [0.25, 0.3) is 0 Å². The first-order valence-corrected chi connectivity index (χ1v) is 9.88. The van der Waals surface area contributed by atoms with Crippen molar-refractivity contribution in [3.8, 4) is 5.75 Å². The van der Waals surface area contributed by atoms with Gasteiger partial charge in [-0.2, -0.15) is 0 Å². The maximum Gasteiger partial charge on any atom is 0.335 e. The molecule has 1 aromatic rings. The van der Waals surface area contributed by atoms with Gasteiger partial charge in [-0.25, -0.2) is 4.79 Å². The third-order valence-corrected chi connectivity index (χ3v) is 4.40. The van der Waals surface area contributed by atoms with Crippen LogP contribution in [0.1, 0.15) is 38.1 Å². The Morgan fingerprint density at radius 3 is 2.15 bits per heavy atom. The molecular weight excluding hydrogens is 442 g/mol. The van der Waals surface area contributed by atoms with Crippen LogP contribution in [-0.4, -0.2) is 72.1 Å². The highest BCUT2D eigenvalue weighted by molar-refractivity contribution is 5.88. The van der Waals surface area contributed by atoms with Gasteiger partial charge in [0.2, 0.25) is 12.2 Å². The van der Waals surface area contributed by atoms with Gasteiger partial charge in [0.1, 0.15) is 24.5 Å². The summed E-state index contributed by atoms with van der Waals surface area (Å²) >= 11 is 0. The van der Waals surface area contributed by atoms with Gasteiger partial charge in [-0.1, -0.05) is 6.07 Å². The molecular formula is C21H25NO11. The largest absolute Gasteiger partial charge is 0.478 e. The number of hydrogen-bond acceptors (Lipinski definition) is 10. The van der Waals surface area contributed by atoms with Crippen LogP contribution in [0.2, 0.25) is 0 Å². The summed E-state index contributed by atoms with van der Waals surface area (Å²) in [6.45, 7) is 4.24. The van der Waals surface area contributed by atoms with E-state index in [4.69, 9.17) is 23.7 Å². The van der Waals surface area contributed by atoms with E-state index in [0.717, 1.165) is 13.8 Å². The molecule has 1 heterocycles. The fraction of sp³-hybridized carbons (Fsp3) is 0.476. The van der Waals surface area contributed by atoms with E-state index in [1.165, 1.54) is 38.1 Å². The topological polar surface area (TPSA) is 164 Å². The van der Waals surface area contributed by atoms with Crippen LogP contribution in [0.4, 0.5) is 0 Å². The van der Waals surface area contributed by atoms with Crippen LogP contribution < -0.4 is 10.1 Å². The normalized spacial score (nSPS) is 24.2. The lowest BCUT2D eigenvalue weighted by Crippen LogP contribution is -2.67. The van der Waals surface area contributed by atoms with Crippen molar-refractivity contribution in [1.29, 1.82) is 0 Å². The van der Waals surface area contributed by atoms with Crippen molar-refractivity contribution < 1.29 is 52.8 Å². The molecule has 1 aromatic carbocycles. The number of esters is 3. The molecule has 1 saturated heterocycles. The summed E-state index contributed by atoms with van der Waals surface area (Å²) < 4.78 is 27.3. The molecule has 12 nitrogen and oxygen atoms in total. The minimum absolute atomic E-state index is 0.0647. The van der Waals surface area contributed by atoms with Crippen LogP contribution in [0.15, 0.2) is 24.3 Å². The zero-order valence-electron chi connectivity index (χ0n) is 18.4. The molecule has 180 valence electrons. The molecule has 1 fully saturated rings. The number of carboxylic acid groups (broad SMARTS) is 1. The Morgan fingerprint density at radius 1 is 0.970 bits per heavy atom. The molecule has 0 aromatic heterocycles. The number of benzene rings is 1. The van der Waals surface area contributed by atoms with E-state index in [1.807, 2.05) is 0 Å². The summed E-state index contributed by atoms with van der Waals surface area (Å²) in [6, 6.07) is 4.32. The summed E-state index contributed by atoms with van der Waals surface area (Å²) in [5, 5.41) is 11.8. The SMILES string of the molecule is CC(=O)NC1C(Oc2cccc(C(=O)O)c2)OC(COC(C)=O)C(OC(C)=O)C1OC(C)=O. The smallest absolute Gasteiger partial charge is 0.335 e. The van der Waals surface area contributed by atoms with Crippen molar-refractivity contribution in [3.63, 3.8) is 0 Å². The number of carbonyl (C=O) groups excluding carboxylic acids is 4. The molecule has 0 radical (unpaired) electrons. The van der Waals surface area contributed by atoms with Crippen LogP contribution in [-0.2, 0) is 38.1 Å². The number of amides is 1. The molecule has 1 aliphatic heterocycles. The summed E-state index contributed by atoms with van der Waals surface area (Å²) in [5.74, 6) is -3.76. The van der Waals surface area contributed by atoms with E-state index in [0.29, 0.717) is 0 Å². The van der Waals surface area contributed by atoms with E-state index in [1.54, 1.807) is 0 Å². The van der Waals surface area contributed by atoms with Crippen LogP contribution >= 0.6 is 0 Å². The number of carbonyl (C=O) groups is 5. The first kappa shape index (κ1) is 25.6. The molecule has 5 atom stereocenters. The van der Waals surface area contributed by atoms with Crippen molar-refractivity contribution in [2.75, 3.05) is 6.61 Å². The van der Waals surface area contributed by atoms with Crippen molar-refractivity contribution in [1.82, 2.24) is 5.32 Å². The molecule has 0 saturated carbocycles. The lowest BCUT2D eigenvalue weighted by atomic mass is 9.96. The Hall–Kier alpha value is -3.67. The molecule has 0 aliphatic carbocycles. The molecule has 2 N–H and O–H groups in total. The molecule has 33 heavy (non-hydrogen) atoms. The van der Waals surface area contributed by atoms with Gasteiger partial charge in [-0.05, 0) is 18.2 Å². The van der Waals surface area contributed by atoms with E-state index >= 15 is 0 Å². The first-order valence-electron chi connectivity index (χ1n) is 9.88. The average molecular weight is 467 g/mol. The molecule has 12 heteroatoms. The molecule has 0 bridgehead atoms. The Balaban J connectivity index is 2.47. The van der Waals surface area contributed by atoms with Crippen molar-refractivity contribution in [2.24, 2.45) is 0 Å². The third kappa shape index (κ3) is 7.45. The molecule has 2 rings (SSSR count). The quantitative estimate of drug-likeness (QED) is 0.402. The second-order valence-electron chi connectivity index (χ2n) is 7.17. The minimum atomic E-state index is -1.34. The van der Waals surface area contributed by atoms with Crippen LogP contribution in [0.5, 0.6) is 5.75 Å². The zero-order chi connectivity index (χ0) is 24.7. The number of rotatable bonds is 8. The maximum atomic E-state index is 11.9. The summed E-state index contributed by atoms with van der Waals surface area (Å²) in [6.07, 6.45) is -5.01. The second-order valence-corrected chi connectivity index (χ2v) is 7.17. The third-order valence-electron chi connectivity index (χ3n) is 4.40. The van der Waals surface area contributed by atoms with Crippen LogP contribution in [0.25, 0.3) is 0 Å². The molecule has 1 amide bonds. The number of nitrogens with one attached hydrogen (secondary N) is 1. The number of hydrogen-bond donors (Lipinski definition) is 2. The fourth-order valence-corrected chi connectivity index (χ4v) is 3.23. The number of aromatic carboxylic acids is 1. The average Bonchev–Trinajstić information content (AvgIpc) is 2.70. The Bertz CT molecular complexity index is 915. The fourth-order valence-electron chi connectivity index (χ4n) is 3.23. The van der Waals surface area contributed by atoms with Gasteiger partial charge in [0.05, 0.1) is 5.56 Å². The van der Waals surface area contributed by atoms with Gasteiger partial charge in [0, 0.05) is 27.7 Å². The predicted molar refractivity (Wildman–Crippen MR) is 108 cm³/mol. The first-order chi connectivity index (χ1) is 15.5. The Labute approximate surface area is 189 Å². The summed E-state index contributed by atoms with van der Waals surface area (Å²) in [7, 11) is 0. The van der Waals surface area contributed by atoms with Crippen LogP contribution in [0.3, 0.4) is 0 Å². The number of carboxylic acids is 1. The number of ether oxygens (including phenoxy) is 5. The summed E-state index contributed by atoms with van der Waals surface area (Å²) in [4.78, 5) is 58.1. The molecule has 1 aliphatic rings. The van der Waals surface area contributed by atoms with Gasteiger partial charge in [-0.15, -0.1) is 0 Å². The van der Waals surface area contributed by atoms with Gasteiger partial charge < -0.3 is 34.1 Å². The predicted octanol–water partition coefficient (Wildman–Crippen LogP) is 0.420. The highest BCUT2D eigenvalue weighted by Crippen LogP contribution is 2.29. The Morgan fingerprint density at radius 2 is 1.61 bits per heavy atom. The summed E-state index contributed by atoms with van der Waals surface area (Å²) in [5.41, 5.74) is -0.0647. The Kier molecular flexibility index (Phi) is 8.74. The van der Waals surface area contributed by atoms with Gasteiger partial charge >= 0.3 is 23.9 Å². The van der Waals surface area contributed by atoms with E-state index in [9.17, 15) is 29.1 Å². The van der Waals surface area contributed by atoms with Crippen molar-refractivity contribution >= 4 is 29.8 Å². The molecule has 5 unspecified atom stereocenters. The van der Waals surface area contributed by atoms with E-state index < -0.39 is 60.4 Å². The molecule has 0 spiro atoms. The van der Waals surface area contributed by atoms with Crippen LogP contribution in [0, 0.1) is 0 Å². The maximum absolute atomic E-state index is 11.9. The second kappa shape index (κ2) is 11.3. The van der Waals surface area contributed by atoms with E-state index in [2.05, 4.69) is 5.32 Å².